The molecule has 0 spiro atoms. The summed E-state index contributed by atoms with van der Waals surface area (Å²) in [5.74, 6) is 0.0853. The van der Waals surface area contributed by atoms with Gasteiger partial charge in [0.05, 0.1) is 5.56 Å². The fourth-order valence-electron chi connectivity index (χ4n) is 4.55. The van der Waals surface area contributed by atoms with Crippen molar-refractivity contribution in [3.05, 3.63) is 65.7 Å². The number of piperazine rings is 1. The van der Waals surface area contributed by atoms with Crippen molar-refractivity contribution < 1.29 is 27.9 Å². The highest BCUT2D eigenvalue weighted by atomic mass is 19.4. The molecule has 2 aromatic carbocycles. The molecule has 1 aliphatic heterocycles. The first kappa shape index (κ1) is 29.9. The molecule has 1 fully saturated rings. The summed E-state index contributed by atoms with van der Waals surface area (Å²) in [6.45, 7) is 7.63. The van der Waals surface area contributed by atoms with E-state index in [0.29, 0.717) is 18.6 Å². The number of nitrogens with one attached hydrogen (secondary N) is 2. The van der Waals surface area contributed by atoms with Crippen molar-refractivity contribution in [2.24, 2.45) is 0 Å². The summed E-state index contributed by atoms with van der Waals surface area (Å²) in [4.78, 5) is 15.9. The Bertz CT molecular complexity index is 937. The van der Waals surface area contributed by atoms with Crippen LogP contribution in [0.15, 0.2) is 54.6 Å². The van der Waals surface area contributed by atoms with Crippen molar-refractivity contribution in [1.29, 1.82) is 0 Å². The lowest BCUT2D eigenvalue weighted by Gasteiger charge is -2.34. The highest BCUT2D eigenvalue weighted by molar-refractivity contribution is 5.74. The highest BCUT2D eigenvalue weighted by Crippen LogP contribution is 2.31. The number of halogens is 3. The number of nitrogens with zero attached hydrogens (tertiary/aromatic N) is 2. The maximum Gasteiger partial charge on any atom is 0.416 e. The van der Waals surface area contributed by atoms with Crippen molar-refractivity contribution in [3.8, 4) is 5.75 Å². The average Bonchev–Trinajstić information content (AvgIpc) is 2.92. The van der Waals surface area contributed by atoms with Gasteiger partial charge in [-0.3, -0.25) is 10.0 Å². The van der Waals surface area contributed by atoms with Crippen LogP contribution < -0.4 is 15.5 Å². The summed E-state index contributed by atoms with van der Waals surface area (Å²) in [5.41, 5.74) is 1.98. The number of alkyl halides is 3. The Hall–Kier alpha value is -2.66. The second-order valence-electron chi connectivity index (χ2n) is 9.61. The fourth-order valence-corrected chi connectivity index (χ4v) is 4.55. The van der Waals surface area contributed by atoms with Gasteiger partial charge in [0.25, 0.3) is 0 Å². The van der Waals surface area contributed by atoms with Crippen LogP contribution in [0.1, 0.15) is 49.3 Å². The number of hydrogen-bond acceptors (Lipinski definition) is 6. The molecule has 210 valence electrons. The Morgan fingerprint density at radius 3 is 2.13 bits per heavy atom. The van der Waals surface area contributed by atoms with Crippen LogP contribution in [0.3, 0.4) is 0 Å². The Morgan fingerprint density at radius 1 is 0.895 bits per heavy atom. The maximum atomic E-state index is 12.9. The van der Waals surface area contributed by atoms with E-state index in [0.717, 1.165) is 89.3 Å². The molecular weight excluding hydrogens is 497 g/mol. The molecule has 10 heteroatoms. The van der Waals surface area contributed by atoms with Crippen molar-refractivity contribution >= 4 is 5.91 Å². The zero-order valence-corrected chi connectivity index (χ0v) is 21.8. The molecule has 1 heterocycles. The van der Waals surface area contributed by atoms with E-state index in [2.05, 4.69) is 15.1 Å². The Morgan fingerprint density at radius 2 is 1.53 bits per heavy atom. The first-order valence-electron chi connectivity index (χ1n) is 13.3. The molecular formula is C28H39F3N4O3. The van der Waals surface area contributed by atoms with Crippen LogP contribution in [0.25, 0.3) is 0 Å². The van der Waals surface area contributed by atoms with Gasteiger partial charge in [0.15, 0.2) is 0 Å². The zero-order valence-electron chi connectivity index (χ0n) is 21.8. The van der Waals surface area contributed by atoms with Gasteiger partial charge in [0.2, 0.25) is 5.91 Å². The van der Waals surface area contributed by atoms with Gasteiger partial charge in [0, 0.05) is 39.0 Å². The molecule has 1 amide bonds. The van der Waals surface area contributed by atoms with E-state index >= 15 is 0 Å². The quantitative estimate of drug-likeness (QED) is 0.177. The summed E-state index contributed by atoms with van der Waals surface area (Å²) in [6.07, 6.45) is -0.658. The number of unbranched alkanes of at least 4 members (excludes halogenated alkanes) is 1. The zero-order chi connectivity index (χ0) is 27.2. The third kappa shape index (κ3) is 10.6. The van der Waals surface area contributed by atoms with E-state index in [1.54, 1.807) is 5.48 Å². The molecule has 0 saturated carbocycles. The standard InChI is InChI=1S/C28H39F3N4O3/c29-28(30,31)24-10-12-25(13-11-24)38-26(23-7-2-1-3-8-23)14-16-32-15-4-5-17-34-19-21-35(22-20-34)18-6-9-27(36)33-37/h1-3,7-8,10-13,26,32,37H,4-6,9,14-22H2,(H,33,36). The van der Waals surface area contributed by atoms with Crippen molar-refractivity contribution in [1.82, 2.24) is 20.6 Å². The van der Waals surface area contributed by atoms with Gasteiger partial charge < -0.3 is 19.9 Å². The monoisotopic (exact) mass is 536 g/mol. The lowest BCUT2D eigenvalue weighted by Crippen LogP contribution is -2.46. The van der Waals surface area contributed by atoms with Crippen molar-refractivity contribution in [2.45, 2.75) is 44.4 Å². The number of carbonyl (C=O) groups excluding carboxylic acids is 1. The topological polar surface area (TPSA) is 77.1 Å². The third-order valence-corrected chi connectivity index (χ3v) is 6.76. The minimum Gasteiger partial charge on any atom is -0.486 e. The summed E-state index contributed by atoms with van der Waals surface area (Å²) in [7, 11) is 0. The van der Waals surface area contributed by atoms with Crippen LogP contribution in [0.5, 0.6) is 5.75 Å². The second-order valence-corrected chi connectivity index (χ2v) is 9.61. The average molecular weight is 537 g/mol. The van der Waals surface area contributed by atoms with E-state index in [1.165, 1.54) is 12.1 Å². The van der Waals surface area contributed by atoms with E-state index in [-0.39, 0.29) is 12.0 Å². The largest absolute Gasteiger partial charge is 0.486 e. The Kier molecular flexibility index (Phi) is 12.3. The molecule has 1 unspecified atom stereocenters. The van der Waals surface area contributed by atoms with E-state index in [4.69, 9.17) is 9.94 Å². The first-order chi connectivity index (χ1) is 18.3. The lowest BCUT2D eigenvalue weighted by molar-refractivity contribution is -0.137. The molecule has 2 aromatic rings. The van der Waals surface area contributed by atoms with Gasteiger partial charge >= 0.3 is 6.18 Å². The number of ether oxygens (including phenoxy) is 1. The van der Waals surface area contributed by atoms with Gasteiger partial charge in [-0.2, -0.15) is 13.2 Å². The van der Waals surface area contributed by atoms with Crippen LogP contribution in [0, 0.1) is 0 Å². The van der Waals surface area contributed by atoms with Crippen molar-refractivity contribution in [2.75, 3.05) is 52.4 Å². The number of rotatable bonds is 15. The Labute approximate surface area is 222 Å². The molecule has 38 heavy (non-hydrogen) atoms. The molecule has 7 nitrogen and oxygen atoms in total. The van der Waals surface area contributed by atoms with Crippen LogP contribution >= 0.6 is 0 Å². The minimum absolute atomic E-state index is 0.255. The van der Waals surface area contributed by atoms with Gasteiger partial charge in [0.1, 0.15) is 11.9 Å². The predicted octanol–water partition coefficient (Wildman–Crippen LogP) is 4.49. The normalized spacial score (nSPS) is 15.8. The van der Waals surface area contributed by atoms with E-state index < -0.39 is 11.7 Å². The number of benzene rings is 2. The summed E-state index contributed by atoms with van der Waals surface area (Å²) in [5, 5.41) is 12.0. The number of carbonyl (C=O) groups is 1. The van der Waals surface area contributed by atoms with Crippen molar-refractivity contribution in [3.63, 3.8) is 0 Å². The second kappa shape index (κ2) is 15.7. The van der Waals surface area contributed by atoms with Gasteiger partial charge in [-0.15, -0.1) is 0 Å². The molecule has 0 aromatic heterocycles. The molecule has 1 saturated heterocycles. The molecule has 1 atom stereocenters. The number of hydrogen-bond donors (Lipinski definition) is 3. The molecule has 0 radical (unpaired) electrons. The fraction of sp³-hybridized carbons (Fsp3) is 0.536. The van der Waals surface area contributed by atoms with E-state index in [9.17, 15) is 18.0 Å². The number of hydroxylamine groups is 1. The van der Waals surface area contributed by atoms with Crippen LogP contribution in [0.4, 0.5) is 13.2 Å². The number of amides is 1. The van der Waals surface area contributed by atoms with E-state index in [1.807, 2.05) is 30.3 Å². The third-order valence-electron chi connectivity index (χ3n) is 6.76. The van der Waals surface area contributed by atoms with Gasteiger partial charge in [-0.25, -0.2) is 5.48 Å². The molecule has 3 N–H and O–H groups in total. The minimum atomic E-state index is -4.36. The summed E-state index contributed by atoms with van der Waals surface area (Å²) in [6, 6.07) is 14.6. The lowest BCUT2D eigenvalue weighted by atomic mass is 10.1. The summed E-state index contributed by atoms with van der Waals surface area (Å²) >= 11 is 0. The van der Waals surface area contributed by atoms with Gasteiger partial charge in [-0.1, -0.05) is 30.3 Å². The first-order valence-corrected chi connectivity index (χ1v) is 13.3. The molecule has 3 rings (SSSR count). The van der Waals surface area contributed by atoms with Crippen LogP contribution in [0.2, 0.25) is 0 Å². The maximum absolute atomic E-state index is 12.9. The predicted molar refractivity (Wildman–Crippen MR) is 140 cm³/mol. The summed E-state index contributed by atoms with van der Waals surface area (Å²) < 4.78 is 44.7. The molecule has 0 aliphatic carbocycles. The molecule has 0 bridgehead atoms. The van der Waals surface area contributed by atoms with Gasteiger partial charge in [-0.05, 0) is 75.3 Å². The smallest absolute Gasteiger partial charge is 0.416 e. The van der Waals surface area contributed by atoms with Crippen LogP contribution in [-0.4, -0.2) is 73.3 Å². The van der Waals surface area contributed by atoms with Crippen LogP contribution in [-0.2, 0) is 11.0 Å². The SMILES string of the molecule is O=C(CCCN1CCN(CCCCNCCC(Oc2ccc(C(F)(F)F)cc2)c2ccccc2)CC1)NO. The Balaban J connectivity index is 1.31. The highest BCUT2D eigenvalue weighted by Gasteiger charge is 2.30. The molecule has 1 aliphatic rings.